The molecule has 0 rings (SSSR count). The summed E-state index contributed by atoms with van der Waals surface area (Å²) in [7, 11) is -10.6. The second-order valence-corrected chi connectivity index (χ2v) is 4.30. The van der Waals surface area contributed by atoms with Crippen LogP contribution >= 0.6 is 0 Å². The van der Waals surface area contributed by atoms with Crippen LogP contribution in [-0.2, 0) is 29.2 Å². The molecule has 0 heterocycles. The Balaban J connectivity index is -0.000000980. The number of alkyl halides is 2. The predicted octanol–water partition coefficient (Wildman–Crippen LogP) is -7.42. The van der Waals surface area contributed by atoms with Gasteiger partial charge in [0.1, 0.15) is 13.2 Å². The van der Waals surface area contributed by atoms with Crippen molar-refractivity contribution in [3.05, 3.63) is 0 Å². The van der Waals surface area contributed by atoms with Gasteiger partial charge in [0.2, 0.25) is 20.8 Å². The van der Waals surface area contributed by atoms with Crippen molar-refractivity contribution >= 4 is 20.8 Å². The summed E-state index contributed by atoms with van der Waals surface area (Å²) >= 11 is 0. The summed E-state index contributed by atoms with van der Waals surface area (Å²) in [5.41, 5.74) is 0. The van der Waals surface area contributed by atoms with Crippen molar-refractivity contribution in [2.24, 2.45) is 0 Å². The second-order valence-electron chi connectivity index (χ2n) is 2.20. The molecule has 14 heteroatoms. The van der Waals surface area contributed by atoms with Crippen molar-refractivity contribution < 1.29 is 80.8 Å². The van der Waals surface area contributed by atoms with Crippen LogP contribution in [0.3, 0.4) is 0 Å². The number of hydrogen-bond acceptors (Lipinski definition) is 8. The minimum atomic E-state index is -5.32. The van der Waals surface area contributed by atoms with Crippen LogP contribution in [0.1, 0.15) is 0 Å². The van der Waals surface area contributed by atoms with E-state index in [0.29, 0.717) is 0 Å². The van der Waals surface area contributed by atoms with E-state index in [1.54, 1.807) is 0 Å². The molecule has 0 aliphatic rings. The van der Waals surface area contributed by atoms with Crippen LogP contribution in [0.4, 0.5) is 8.78 Å². The van der Waals surface area contributed by atoms with E-state index in [1.807, 2.05) is 0 Å². The van der Waals surface area contributed by atoms with Crippen molar-refractivity contribution in [2.75, 3.05) is 13.2 Å². The van der Waals surface area contributed by atoms with E-state index in [2.05, 4.69) is 8.37 Å². The summed E-state index contributed by atoms with van der Waals surface area (Å²) in [5.74, 6) is -4.09. The fourth-order valence-electron chi connectivity index (χ4n) is 0.358. The molecule has 0 bridgehead atoms. The van der Waals surface area contributed by atoms with E-state index >= 15 is 0 Å². The molecule has 17 heavy (non-hydrogen) atoms. The molecule has 0 N–H and O–H groups in total. The molecule has 0 saturated heterocycles. The zero-order valence-corrected chi connectivity index (χ0v) is 10.4. The van der Waals surface area contributed by atoms with E-state index < -0.39 is 39.9 Å². The Morgan fingerprint density at radius 3 is 1.29 bits per heavy atom. The first kappa shape index (κ1) is 22.9. The maximum atomic E-state index is 12.4. The van der Waals surface area contributed by atoms with Gasteiger partial charge in [-0.2, -0.15) is 0 Å². The minimum absolute atomic E-state index is 0. The van der Waals surface area contributed by atoms with E-state index in [4.69, 9.17) is 0 Å². The molecular formula is C3H4F2Li2O8S2. The number of halogens is 2. The van der Waals surface area contributed by atoms with Crippen molar-refractivity contribution in [1.29, 1.82) is 0 Å². The molecule has 92 valence electrons. The summed E-state index contributed by atoms with van der Waals surface area (Å²) in [6.45, 7) is -3.82. The van der Waals surface area contributed by atoms with Gasteiger partial charge in [0.15, 0.2) is 0 Å². The van der Waals surface area contributed by atoms with Gasteiger partial charge in [0.25, 0.3) is 5.92 Å². The molecule has 0 aliphatic heterocycles. The largest absolute Gasteiger partial charge is 1.00 e. The smallest absolute Gasteiger partial charge is 0.726 e. The van der Waals surface area contributed by atoms with Crippen LogP contribution in [0, 0.1) is 0 Å². The van der Waals surface area contributed by atoms with Crippen molar-refractivity contribution in [3.8, 4) is 0 Å². The fraction of sp³-hybridized carbons (Fsp3) is 1.00. The summed E-state index contributed by atoms with van der Waals surface area (Å²) in [6.07, 6.45) is 0. The predicted molar refractivity (Wildman–Crippen MR) is 36.2 cm³/mol. The molecule has 0 amide bonds. The zero-order valence-electron chi connectivity index (χ0n) is 8.75. The van der Waals surface area contributed by atoms with Gasteiger partial charge in [-0.3, -0.25) is 8.37 Å². The summed E-state index contributed by atoms with van der Waals surface area (Å²) in [6, 6.07) is 0. The van der Waals surface area contributed by atoms with Crippen LogP contribution < -0.4 is 37.7 Å². The Morgan fingerprint density at radius 2 is 1.12 bits per heavy atom. The van der Waals surface area contributed by atoms with Gasteiger partial charge in [0.05, 0.1) is 0 Å². The van der Waals surface area contributed by atoms with Gasteiger partial charge >= 0.3 is 37.7 Å². The van der Waals surface area contributed by atoms with E-state index in [0.717, 1.165) is 0 Å². The Morgan fingerprint density at radius 1 is 0.882 bits per heavy atom. The van der Waals surface area contributed by atoms with Gasteiger partial charge in [0, 0.05) is 0 Å². The maximum absolute atomic E-state index is 12.4. The molecule has 0 fully saturated rings. The number of rotatable bonds is 6. The average molecular weight is 284 g/mol. The quantitative estimate of drug-likeness (QED) is 0.267. The van der Waals surface area contributed by atoms with Gasteiger partial charge in [-0.05, 0) is 0 Å². The first-order valence-electron chi connectivity index (χ1n) is 3.00. The van der Waals surface area contributed by atoms with Crippen molar-refractivity contribution in [2.45, 2.75) is 5.92 Å². The molecule has 0 unspecified atom stereocenters. The molecule has 0 aromatic heterocycles. The topological polar surface area (TPSA) is 133 Å². The Kier molecular flexibility index (Phi) is 10.9. The third kappa shape index (κ3) is 16.8. The molecular weight excluding hydrogens is 280 g/mol. The Labute approximate surface area is 120 Å². The Hall–Kier alpha value is 0.795. The molecule has 0 saturated carbocycles. The molecule has 0 radical (unpaired) electrons. The monoisotopic (exact) mass is 284 g/mol. The maximum Gasteiger partial charge on any atom is 1.00 e. The van der Waals surface area contributed by atoms with Crippen LogP contribution in [0.2, 0.25) is 0 Å². The van der Waals surface area contributed by atoms with Gasteiger partial charge in [-0.15, -0.1) is 0 Å². The standard InChI is InChI=1S/C3H6F2O8S2.2Li/c4-3(5,1-12-14(6,7)8)2-13-15(9,10)11;;/h1-2H2,(H,6,7,8)(H,9,10,11);;/q;2*+1/p-2. The second kappa shape index (κ2) is 8.06. The van der Waals surface area contributed by atoms with Gasteiger partial charge in [-0.25, -0.2) is 25.6 Å². The molecule has 0 aromatic carbocycles. The minimum Gasteiger partial charge on any atom is -0.726 e. The third-order valence-corrected chi connectivity index (χ3v) is 1.64. The van der Waals surface area contributed by atoms with Gasteiger partial charge < -0.3 is 9.11 Å². The fourth-order valence-corrected chi connectivity index (χ4v) is 0.992. The summed E-state index contributed by atoms with van der Waals surface area (Å²) in [4.78, 5) is 0. The van der Waals surface area contributed by atoms with E-state index in [1.165, 1.54) is 0 Å². The SMILES string of the molecule is O=S(=O)([O-])OCC(F)(F)COS(=O)(=O)[O-].[Li+].[Li+]. The van der Waals surface area contributed by atoms with Crippen LogP contribution in [0.15, 0.2) is 0 Å². The molecule has 0 atom stereocenters. The van der Waals surface area contributed by atoms with Crippen LogP contribution in [0.5, 0.6) is 0 Å². The van der Waals surface area contributed by atoms with Crippen LogP contribution in [0.25, 0.3) is 0 Å². The van der Waals surface area contributed by atoms with E-state index in [-0.39, 0.29) is 37.7 Å². The van der Waals surface area contributed by atoms with Gasteiger partial charge in [-0.1, -0.05) is 0 Å². The molecule has 8 nitrogen and oxygen atoms in total. The third-order valence-electron chi connectivity index (χ3n) is 0.829. The summed E-state index contributed by atoms with van der Waals surface area (Å²) in [5, 5.41) is 0. The number of hydrogen-bond donors (Lipinski definition) is 0. The molecule has 0 aliphatic carbocycles. The zero-order chi connectivity index (χ0) is 12.3. The van der Waals surface area contributed by atoms with E-state index in [9.17, 15) is 34.7 Å². The molecule has 0 aromatic rings. The summed E-state index contributed by atoms with van der Waals surface area (Å²) < 4.78 is 89.6. The first-order valence-corrected chi connectivity index (χ1v) is 5.66. The molecule has 0 spiro atoms. The average Bonchev–Trinajstić information content (AvgIpc) is 1.96. The first-order chi connectivity index (χ1) is 6.41. The van der Waals surface area contributed by atoms with Crippen molar-refractivity contribution in [1.82, 2.24) is 0 Å². The van der Waals surface area contributed by atoms with Crippen molar-refractivity contribution in [3.63, 3.8) is 0 Å². The Bertz CT molecular complexity index is 366. The normalized spacial score (nSPS) is 12.5. The van der Waals surface area contributed by atoms with Crippen LogP contribution in [-0.4, -0.2) is 45.1 Å².